The summed E-state index contributed by atoms with van der Waals surface area (Å²) in [7, 11) is 2.97. The number of benzene rings is 2. The summed E-state index contributed by atoms with van der Waals surface area (Å²) < 4.78 is 18.6. The lowest BCUT2D eigenvalue weighted by molar-refractivity contribution is -0.386. The number of fused-ring (bicyclic) bond motifs is 1. The molecule has 0 aliphatic carbocycles. The fourth-order valence-corrected chi connectivity index (χ4v) is 6.37. The number of halogens is 2. The van der Waals surface area contributed by atoms with Crippen molar-refractivity contribution in [3.8, 4) is 17.2 Å². The largest absolute Gasteiger partial charge is 0.501 e. The second-order valence-corrected chi connectivity index (χ2v) is 11.2. The van der Waals surface area contributed by atoms with Gasteiger partial charge in [0.05, 0.1) is 51.2 Å². The number of aromatic nitrogens is 1. The number of aromatic hydroxyl groups is 1. The van der Waals surface area contributed by atoms with E-state index in [1.165, 1.54) is 37.0 Å². The molecule has 0 bridgehead atoms. The van der Waals surface area contributed by atoms with Gasteiger partial charge in [-0.1, -0.05) is 27.3 Å². The molecule has 1 N–H and O–H groups in total. The summed E-state index contributed by atoms with van der Waals surface area (Å²) in [5, 5.41) is 21.5. The zero-order valence-electron chi connectivity index (χ0n) is 21.0. The standard InChI is InChI=1S/C25H21BrIN3O8S/c1-5-38-24(33)20-11(2)28-25-29(21(20)13-9-17(36-3)18(37-4)10-14(13)26)23(32)19(39-25)8-12-6-15(27)22(31)16(7-12)30(34)35/h6-10,21,31H,5H2,1-4H3/b19-8-/t21-/m0/s1. The molecule has 0 spiro atoms. The maximum absolute atomic E-state index is 13.8. The Balaban J connectivity index is 2.02. The minimum Gasteiger partial charge on any atom is -0.501 e. The Kier molecular flexibility index (Phi) is 8.46. The molecule has 1 aliphatic heterocycles. The lowest BCUT2D eigenvalue weighted by atomic mass is 9.95. The molecular formula is C25H21BrIN3O8S. The van der Waals surface area contributed by atoms with Gasteiger partial charge in [0.1, 0.15) is 0 Å². The van der Waals surface area contributed by atoms with Crippen LogP contribution in [0, 0.1) is 13.7 Å². The highest BCUT2D eigenvalue weighted by atomic mass is 127. The van der Waals surface area contributed by atoms with Crippen LogP contribution in [0.5, 0.6) is 17.2 Å². The van der Waals surface area contributed by atoms with Gasteiger partial charge in [-0.15, -0.1) is 0 Å². The molecule has 39 heavy (non-hydrogen) atoms. The number of carbonyl (C=O) groups excluding carboxylic acids is 1. The summed E-state index contributed by atoms with van der Waals surface area (Å²) in [5.74, 6) is -0.236. The fourth-order valence-electron chi connectivity index (χ4n) is 4.14. The first-order chi connectivity index (χ1) is 18.5. The fraction of sp³-hybridized carbons (Fsp3) is 0.240. The number of ether oxygens (including phenoxy) is 3. The van der Waals surface area contributed by atoms with Gasteiger partial charge in [0, 0.05) is 10.5 Å². The average molecular weight is 730 g/mol. The Hall–Kier alpha value is -3.24. The topological polar surface area (TPSA) is 142 Å². The third kappa shape index (κ3) is 5.32. The summed E-state index contributed by atoms with van der Waals surface area (Å²) in [6, 6.07) is 5.14. The molecule has 2 aromatic carbocycles. The molecule has 2 heterocycles. The van der Waals surface area contributed by atoms with Crippen molar-refractivity contribution in [3.63, 3.8) is 0 Å². The van der Waals surface area contributed by atoms with Crippen molar-refractivity contribution in [1.29, 1.82) is 0 Å². The summed E-state index contributed by atoms with van der Waals surface area (Å²) in [5.41, 5.74) is 0.493. The zero-order valence-corrected chi connectivity index (χ0v) is 25.5. The zero-order chi connectivity index (χ0) is 28.6. The van der Waals surface area contributed by atoms with Crippen molar-refractivity contribution in [2.24, 2.45) is 4.99 Å². The quantitative estimate of drug-likeness (QED) is 0.168. The first-order valence-electron chi connectivity index (χ1n) is 11.3. The molecule has 0 saturated carbocycles. The van der Waals surface area contributed by atoms with Crippen LogP contribution < -0.4 is 24.4 Å². The SMILES string of the molecule is CCOC(=O)C1=C(C)N=c2s/c(=C\c3cc(I)c(O)c([N+](=O)[O-])c3)c(=O)n2[C@H]1c1cc(OC)c(OC)cc1Br. The molecule has 1 atom stereocenters. The summed E-state index contributed by atoms with van der Waals surface area (Å²) in [4.78, 5) is 42.6. The number of thiazole rings is 1. The number of carbonyl (C=O) groups is 1. The molecule has 0 radical (unpaired) electrons. The van der Waals surface area contributed by atoms with Crippen LogP contribution in [0.4, 0.5) is 5.69 Å². The van der Waals surface area contributed by atoms with Gasteiger partial charge >= 0.3 is 11.7 Å². The van der Waals surface area contributed by atoms with E-state index < -0.39 is 33.9 Å². The van der Waals surface area contributed by atoms with Crippen LogP contribution in [0.3, 0.4) is 0 Å². The number of esters is 1. The van der Waals surface area contributed by atoms with Crippen molar-refractivity contribution in [3.05, 3.63) is 84.5 Å². The van der Waals surface area contributed by atoms with E-state index in [1.807, 2.05) is 0 Å². The van der Waals surface area contributed by atoms with Gasteiger partial charge < -0.3 is 19.3 Å². The van der Waals surface area contributed by atoms with Gasteiger partial charge in [-0.05, 0) is 71.8 Å². The number of allylic oxidation sites excluding steroid dienone is 1. The maximum Gasteiger partial charge on any atom is 0.338 e. The molecule has 0 amide bonds. The molecule has 0 unspecified atom stereocenters. The highest BCUT2D eigenvalue weighted by Crippen LogP contribution is 2.41. The summed E-state index contributed by atoms with van der Waals surface area (Å²) in [6.07, 6.45) is 1.49. The number of methoxy groups -OCH3 is 2. The average Bonchev–Trinajstić information content (AvgIpc) is 3.19. The van der Waals surface area contributed by atoms with Crippen LogP contribution in [0.25, 0.3) is 6.08 Å². The molecular weight excluding hydrogens is 709 g/mol. The van der Waals surface area contributed by atoms with Crippen LogP contribution in [0.15, 0.2) is 49.8 Å². The van der Waals surface area contributed by atoms with Gasteiger partial charge in [-0.3, -0.25) is 19.5 Å². The lowest BCUT2D eigenvalue weighted by Crippen LogP contribution is -2.40. The Bertz CT molecular complexity index is 1730. The summed E-state index contributed by atoms with van der Waals surface area (Å²) in [6.45, 7) is 3.47. The van der Waals surface area contributed by atoms with E-state index in [9.17, 15) is 24.8 Å². The number of phenols is 1. The number of hydrogen-bond acceptors (Lipinski definition) is 10. The molecule has 0 fully saturated rings. The van der Waals surface area contributed by atoms with Crippen molar-refractivity contribution < 1.29 is 29.0 Å². The first kappa shape index (κ1) is 28.8. The van der Waals surface area contributed by atoms with Gasteiger partial charge in [0.2, 0.25) is 5.75 Å². The minimum atomic E-state index is -0.925. The van der Waals surface area contributed by atoms with Crippen molar-refractivity contribution in [2.75, 3.05) is 20.8 Å². The molecule has 3 aromatic rings. The first-order valence-corrected chi connectivity index (χ1v) is 14.0. The Morgan fingerprint density at radius 3 is 2.56 bits per heavy atom. The normalized spacial score (nSPS) is 15.0. The van der Waals surface area contributed by atoms with Gasteiger partial charge in [0.15, 0.2) is 16.3 Å². The van der Waals surface area contributed by atoms with Crippen molar-refractivity contribution in [2.45, 2.75) is 19.9 Å². The van der Waals surface area contributed by atoms with E-state index in [0.717, 1.165) is 11.3 Å². The molecule has 11 nitrogen and oxygen atoms in total. The second kappa shape index (κ2) is 11.5. The molecule has 14 heteroatoms. The number of hydrogen-bond donors (Lipinski definition) is 1. The van der Waals surface area contributed by atoms with Crippen molar-refractivity contribution in [1.82, 2.24) is 4.57 Å². The van der Waals surface area contributed by atoms with E-state index in [-0.39, 0.29) is 20.3 Å². The molecule has 4 rings (SSSR count). The van der Waals surface area contributed by atoms with Crippen LogP contribution >= 0.6 is 49.9 Å². The maximum atomic E-state index is 13.8. The predicted octanol–water partition coefficient (Wildman–Crippen LogP) is 3.80. The Morgan fingerprint density at radius 1 is 1.28 bits per heavy atom. The molecule has 0 saturated heterocycles. The highest BCUT2D eigenvalue weighted by molar-refractivity contribution is 14.1. The third-order valence-corrected chi connectivity index (χ3v) is 8.37. The van der Waals surface area contributed by atoms with Crippen LogP contribution in [0.2, 0.25) is 0 Å². The summed E-state index contributed by atoms with van der Waals surface area (Å²) >= 11 is 6.40. The van der Waals surface area contributed by atoms with E-state index in [4.69, 9.17) is 14.2 Å². The van der Waals surface area contributed by atoms with Gasteiger partial charge in [-0.2, -0.15) is 0 Å². The highest BCUT2D eigenvalue weighted by Gasteiger charge is 2.35. The second-order valence-electron chi connectivity index (χ2n) is 8.16. The minimum absolute atomic E-state index is 0.123. The number of rotatable bonds is 7. The van der Waals surface area contributed by atoms with E-state index in [0.29, 0.717) is 37.6 Å². The molecule has 1 aromatic heterocycles. The van der Waals surface area contributed by atoms with Crippen LogP contribution in [-0.2, 0) is 9.53 Å². The smallest absolute Gasteiger partial charge is 0.338 e. The Labute approximate surface area is 247 Å². The van der Waals surface area contributed by atoms with Gasteiger partial charge in [0.25, 0.3) is 5.56 Å². The third-order valence-electron chi connectivity index (χ3n) is 5.87. The van der Waals surface area contributed by atoms with Crippen LogP contribution in [-0.4, -0.2) is 41.4 Å². The van der Waals surface area contributed by atoms with E-state index in [2.05, 4.69) is 20.9 Å². The lowest BCUT2D eigenvalue weighted by Gasteiger charge is -2.26. The monoisotopic (exact) mass is 729 g/mol. The van der Waals surface area contributed by atoms with E-state index in [1.54, 1.807) is 48.6 Å². The predicted molar refractivity (Wildman–Crippen MR) is 155 cm³/mol. The molecule has 204 valence electrons. The van der Waals surface area contributed by atoms with Gasteiger partial charge in [-0.25, -0.2) is 9.79 Å². The van der Waals surface area contributed by atoms with Crippen LogP contribution in [0.1, 0.15) is 31.0 Å². The number of nitro benzene ring substituents is 1. The van der Waals surface area contributed by atoms with Crippen molar-refractivity contribution >= 4 is 67.6 Å². The molecule has 1 aliphatic rings. The number of nitro groups is 1. The number of nitrogens with zero attached hydrogens (tertiary/aromatic N) is 3. The van der Waals surface area contributed by atoms with E-state index >= 15 is 0 Å². The number of phenolic OH excluding ortho intramolecular Hbond substituents is 1. The Morgan fingerprint density at radius 2 is 1.95 bits per heavy atom.